The van der Waals surface area contributed by atoms with Crippen LogP contribution >= 0.6 is 34.5 Å². The minimum atomic E-state index is -0.281. The zero-order valence-electron chi connectivity index (χ0n) is 13.0. The van der Waals surface area contributed by atoms with Crippen molar-refractivity contribution in [1.29, 1.82) is 0 Å². The predicted molar refractivity (Wildman–Crippen MR) is 94.9 cm³/mol. The third-order valence-corrected chi connectivity index (χ3v) is 5.64. The van der Waals surface area contributed by atoms with Crippen molar-refractivity contribution in [1.82, 2.24) is 4.98 Å². The number of hydrogen-bond acceptors (Lipinski definition) is 3. The summed E-state index contributed by atoms with van der Waals surface area (Å²) < 4.78 is 0. The second-order valence-corrected chi connectivity index (χ2v) is 7.88. The van der Waals surface area contributed by atoms with E-state index in [1.807, 2.05) is 0 Å². The van der Waals surface area contributed by atoms with E-state index >= 15 is 0 Å². The topological polar surface area (TPSA) is 46.4 Å². The molecule has 0 bridgehead atoms. The fourth-order valence-electron chi connectivity index (χ4n) is 2.67. The number of thiazole rings is 1. The number of nitrogens with one attached hydrogen (secondary N) is 2. The van der Waals surface area contributed by atoms with Gasteiger partial charge in [-0.15, -0.1) is 0 Å². The van der Waals surface area contributed by atoms with E-state index in [0.717, 1.165) is 25.2 Å². The number of carbonyl (C=O) groups excluding carboxylic acids is 1. The maximum Gasteiger partial charge on any atom is 0.259 e. The average molecular weight is 371 g/mol. The van der Waals surface area contributed by atoms with Gasteiger partial charge in [0.25, 0.3) is 5.91 Å². The summed E-state index contributed by atoms with van der Waals surface area (Å²) in [6.45, 7) is 6.51. The molecule has 2 heterocycles. The molecular weight excluding hydrogens is 353 g/mol. The summed E-state index contributed by atoms with van der Waals surface area (Å²) in [4.78, 5) is 19.7. The van der Waals surface area contributed by atoms with Crippen LogP contribution in [0.3, 0.4) is 0 Å². The lowest BCUT2D eigenvalue weighted by atomic mass is 10.1. The second-order valence-electron chi connectivity index (χ2n) is 5.96. The number of rotatable bonds is 3. The van der Waals surface area contributed by atoms with E-state index in [0.29, 0.717) is 26.8 Å². The number of halogens is 2. The fraction of sp³-hybridized carbons (Fsp3) is 0.375. The van der Waals surface area contributed by atoms with E-state index in [4.69, 9.17) is 23.2 Å². The highest BCUT2D eigenvalue weighted by Crippen LogP contribution is 2.26. The number of carbonyl (C=O) groups is 1. The number of benzene rings is 1. The number of quaternary nitrogens is 1. The molecule has 4 nitrogen and oxygen atoms in total. The smallest absolute Gasteiger partial charge is 0.259 e. The Balaban J connectivity index is 1.77. The molecule has 1 atom stereocenters. The van der Waals surface area contributed by atoms with Gasteiger partial charge in [0.05, 0.1) is 33.7 Å². The first-order valence-electron chi connectivity index (χ1n) is 7.53. The fourth-order valence-corrected chi connectivity index (χ4v) is 4.10. The molecule has 0 saturated carbocycles. The van der Waals surface area contributed by atoms with Crippen molar-refractivity contribution in [2.75, 3.05) is 11.9 Å². The number of anilines is 1. The van der Waals surface area contributed by atoms with Crippen LogP contribution in [0.5, 0.6) is 0 Å². The predicted octanol–water partition coefficient (Wildman–Crippen LogP) is 3.05. The Hall–Kier alpha value is -1.14. The van der Waals surface area contributed by atoms with Crippen molar-refractivity contribution < 1.29 is 9.69 Å². The van der Waals surface area contributed by atoms with Gasteiger partial charge >= 0.3 is 0 Å². The zero-order valence-corrected chi connectivity index (χ0v) is 15.3. The molecule has 1 unspecified atom stereocenters. The van der Waals surface area contributed by atoms with E-state index in [1.165, 1.54) is 4.88 Å². The molecule has 23 heavy (non-hydrogen) atoms. The Bertz CT molecular complexity index is 745. The van der Waals surface area contributed by atoms with Crippen LogP contribution in [0.4, 0.5) is 5.13 Å². The van der Waals surface area contributed by atoms with Crippen LogP contribution in [-0.4, -0.2) is 23.5 Å². The van der Waals surface area contributed by atoms with Gasteiger partial charge in [-0.2, -0.15) is 0 Å². The van der Waals surface area contributed by atoms with Crippen LogP contribution in [0.1, 0.15) is 34.8 Å². The summed E-state index contributed by atoms with van der Waals surface area (Å²) in [5, 5.41) is 4.33. The van der Waals surface area contributed by atoms with Crippen molar-refractivity contribution in [2.45, 2.75) is 32.9 Å². The van der Waals surface area contributed by atoms with E-state index in [9.17, 15) is 4.79 Å². The lowest BCUT2D eigenvalue weighted by Gasteiger charge is -2.26. The van der Waals surface area contributed by atoms with Gasteiger partial charge in [0.15, 0.2) is 5.13 Å². The number of aromatic nitrogens is 1. The van der Waals surface area contributed by atoms with Crippen LogP contribution in [0, 0.1) is 0 Å². The molecule has 1 aliphatic rings. The normalized spacial score (nSPS) is 17.2. The number of fused-ring (bicyclic) bond motifs is 1. The van der Waals surface area contributed by atoms with Gasteiger partial charge in [-0.1, -0.05) is 34.5 Å². The summed E-state index contributed by atoms with van der Waals surface area (Å²) >= 11 is 13.6. The van der Waals surface area contributed by atoms with Crippen LogP contribution < -0.4 is 10.2 Å². The molecule has 1 amide bonds. The molecule has 0 aliphatic carbocycles. The standard InChI is InChI=1S/C16H17Cl2N3OS/c1-9(2)21-6-5-13-14(8-21)23-16(19-13)20-15(22)11-7-10(17)3-4-12(11)18/h3-4,7,9H,5-6,8H2,1-2H3,(H,19,20,22)/p+1. The SMILES string of the molecule is CC(C)[NH+]1CCc2nc(NC(=O)c3cc(Cl)ccc3Cl)sc2C1. The molecule has 0 saturated heterocycles. The molecule has 2 aromatic rings. The Labute approximate surface area is 149 Å². The zero-order chi connectivity index (χ0) is 16.6. The quantitative estimate of drug-likeness (QED) is 0.871. The van der Waals surface area contributed by atoms with Crippen molar-refractivity contribution in [2.24, 2.45) is 0 Å². The van der Waals surface area contributed by atoms with E-state index in [2.05, 4.69) is 24.1 Å². The lowest BCUT2D eigenvalue weighted by Crippen LogP contribution is -3.14. The summed E-state index contributed by atoms with van der Waals surface area (Å²) in [6.07, 6.45) is 0.952. The molecule has 1 aliphatic heterocycles. The van der Waals surface area contributed by atoms with Crippen molar-refractivity contribution in [3.05, 3.63) is 44.4 Å². The Kier molecular flexibility index (Phi) is 4.92. The van der Waals surface area contributed by atoms with Crippen LogP contribution in [0.15, 0.2) is 18.2 Å². The van der Waals surface area contributed by atoms with Crippen molar-refractivity contribution in [3.8, 4) is 0 Å². The van der Waals surface area contributed by atoms with Gasteiger partial charge in [-0.3, -0.25) is 10.1 Å². The summed E-state index contributed by atoms with van der Waals surface area (Å²) in [5.74, 6) is -0.281. The van der Waals surface area contributed by atoms with Gasteiger partial charge in [0.2, 0.25) is 0 Å². The van der Waals surface area contributed by atoms with E-state index < -0.39 is 0 Å². The first-order valence-corrected chi connectivity index (χ1v) is 9.11. The van der Waals surface area contributed by atoms with Crippen molar-refractivity contribution in [3.63, 3.8) is 0 Å². The Morgan fingerprint density at radius 3 is 2.91 bits per heavy atom. The van der Waals surface area contributed by atoms with Crippen molar-refractivity contribution >= 4 is 45.6 Å². The maximum absolute atomic E-state index is 12.4. The third-order valence-electron chi connectivity index (χ3n) is 4.06. The van der Waals surface area contributed by atoms with Crippen LogP contribution in [0.2, 0.25) is 10.0 Å². The average Bonchev–Trinajstić information content (AvgIpc) is 2.90. The number of nitrogens with zero attached hydrogens (tertiary/aromatic N) is 1. The first kappa shape index (κ1) is 16.7. The van der Waals surface area contributed by atoms with Gasteiger partial charge in [0.1, 0.15) is 6.54 Å². The number of hydrogen-bond donors (Lipinski definition) is 2. The molecule has 0 fully saturated rings. The minimum absolute atomic E-state index is 0.281. The molecular formula is C16H18Cl2N3OS+. The van der Waals surface area contributed by atoms with E-state index in [-0.39, 0.29) is 5.91 Å². The highest BCUT2D eigenvalue weighted by molar-refractivity contribution is 7.15. The maximum atomic E-state index is 12.4. The molecule has 2 N–H and O–H groups in total. The second kappa shape index (κ2) is 6.77. The first-order chi connectivity index (χ1) is 10.9. The molecule has 0 spiro atoms. The monoisotopic (exact) mass is 370 g/mol. The molecule has 122 valence electrons. The molecule has 3 rings (SSSR count). The van der Waals surface area contributed by atoms with Gasteiger partial charge in [-0.25, -0.2) is 4.98 Å². The minimum Gasteiger partial charge on any atom is -0.328 e. The Morgan fingerprint density at radius 1 is 1.39 bits per heavy atom. The molecule has 0 radical (unpaired) electrons. The summed E-state index contributed by atoms with van der Waals surface area (Å²) in [7, 11) is 0. The number of amides is 1. The molecule has 7 heteroatoms. The summed E-state index contributed by atoms with van der Waals surface area (Å²) in [6, 6.07) is 5.44. The van der Waals surface area contributed by atoms with Gasteiger partial charge < -0.3 is 4.90 Å². The highest BCUT2D eigenvalue weighted by Gasteiger charge is 2.26. The van der Waals surface area contributed by atoms with E-state index in [1.54, 1.807) is 34.4 Å². The summed E-state index contributed by atoms with van der Waals surface area (Å²) in [5.41, 5.74) is 1.47. The molecule has 1 aromatic carbocycles. The van der Waals surface area contributed by atoms with Gasteiger partial charge in [-0.05, 0) is 32.0 Å². The van der Waals surface area contributed by atoms with Crippen LogP contribution in [-0.2, 0) is 13.0 Å². The van der Waals surface area contributed by atoms with Gasteiger partial charge in [0, 0.05) is 11.4 Å². The molecule has 1 aromatic heterocycles. The van der Waals surface area contributed by atoms with Crippen LogP contribution in [0.25, 0.3) is 0 Å². The highest BCUT2D eigenvalue weighted by atomic mass is 35.5. The third kappa shape index (κ3) is 3.69. The Morgan fingerprint density at radius 2 is 2.17 bits per heavy atom. The lowest BCUT2D eigenvalue weighted by molar-refractivity contribution is -0.936. The largest absolute Gasteiger partial charge is 0.328 e.